The largest absolute Gasteiger partial charge is 0.438 e. The van der Waals surface area contributed by atoms with Crippen molar-refractivity contribution in [3.63, 3.8) is 0 Å². The van der Waals surface area contributed by atoms with Crippen molar-refractivity contribution in [1.29, 1.82) is 0 Å². The van der Waals surface area contributed by atoms with Crippen molar-refractivity contribution in [3.8, 4) is 11.6 Å². The van der Waals surface area contributed by atoms with Crippen molar-refractivity contribution in [1.82, 2.24) is 4.98 Å². The molecule has 0 aliphatic rings. The fraction of sp³-hybridized carbons (Fsp3) is 0. The molecule has 0 unspecified atom stereocenters. The second-order valence-corrected chi connectivity index (χ2v) is 6.75. The lowest BCUT2D eigenvalue weighted by Crippen LogP contribution is -1.97. The zero-order valence-corrected chi connectivity index (χ0v) is 12.0. The first kappa shape index (κ1) is 13.3. The van der Waals surface area contributed by atoms with Crippen LogP contribution in [0.4, 0.5) is 0 Å². The van der Waals surface area contributed by atoms with Gasteiger partial charge in [-0.15, -0.1) is 0 Å². The zero-order valence-electron chi connectivity index (χ0n) is 8.88. The summed E-state index contributed by atoms with van der Waals surface area (Å²) >= 11 is 3.29. The Morgan fingerprint density at radius 3 is 2.67 bits per heavy atom. The Kier molecular flexibility index (Phi) is 3.89. The first-order valence-electron chi connectivity index (χ1n) is 4.80. The van der Waals surface area contributed by atoms with Crippen molar-refractivity contribution >= 4 is 35.7 Å². The molecule has 4 nitrogen and oxygen atoms in total. The van der Waals surface area contributed by atoms with Gasteiger partial charge in [-0.3, -0.25) is 0 Å². The van der Waals surface area contributed by atoms with Gasteiger partial charge in [0.25, 0.3) is 9.05 Å². The monoisotopic (exact) mass is 347 g/mol. The van der Waals surface area contributed by atoms with Crippen molar-refractivity contribution < 1.29 is 13.2 Å². The number of halogens is 2. The molecule has 2 aromatic rings. The van der Waals surface area contributed by atoms with E-state index in [0.717, 1.165) is 4.47 Å². The summed E-state index contributed by atoms with van der Waals surface area (Å²) in [7, 11) is 1.41. The Labute approximate surface area is 117 Å². The molecule has 0 aliphatic heterocycles. The molecule has 0 N–H and O–H groups in total. The first-order valence-corrected chi connectivity index (χ1v) is 7.90. The number of aromatic nitrogens is 1. The number of nitrogens with zero attached hydrogens (tertiary/aromatic N) is 1. The maximum Gasteiger partial charge on any atom is 0.266 e. The van der Waals surface area contributed by atoms with E-state index in [1.165, 1.54) is 18.3 Å². The number of hydrogen-bond donors (Lipinski definition) is 0. The topological polar surface area (TPSA) is 56.3 Å². The van der Waals surface area contributed by atoms with Crippen molar-refractivity contribution in [2.45, 2.75) is 4.90 Å². The highest BCUT2D eigenvalue weighted by Crippen LogP contribution is 2.29. The highest BCUT2D eigenvalue weighted by Gasteiger charge is 2.18. The Balaban J connectivity index is 2.41. The minimum absolute atomic E-state index is 0.0504. The van der Waals surface area contributed by atoms with Gasteiger partial charge in [0.1, 0.15) is 10.6 Å². The first-order chi connectivity index (χ1) is 8.47. The molecule has 1 aromatic carbocycles. The normalized spacial score (nSPS) is 11.2. The van der Waals surface area contributed by atoms with E-state index in [9.17, 15) is 8.42 Å². The molecule has 2 rings (SSSR count). The fourth-order valence-corrected chi connectivity index (χ4v) is 2.55. The molecular formula is C11H7BrClNO3S. The SMILES string of the molecule is O=S(=O)(Cl)c1cccnc1Oc1cccc(Br)c1. The average molecular weight is 349 g/mol. The van der Waals surface area contributed by atoms with Gasteiger partial charge in [0.05, 0.1) is 0 Å². The molecule has 94 valence electrons. The summed E-state index contributed by atoms with van der Waals surface area (Å²) in [4.78, 5) is 3.71. The smallest absolute Gasteiger partial charge is 0.266 e. The van der Waals surface area contributed by atoms with Gasteiger partial charge in [-0.05, 0) is 30.3 Å². The van der Waals surface area contributed by atoms with E-state index in [1.54, 1.807) is 18.2 Å². The maximum absolute atomic E-state index is 11.3. The summed E-state index contributed by atoms with van der Waals surface area (Å²) in [5.74, 6) is 0.412. The number of benzene rings is 1. The van der Waals surface area contributed by atoms with Crippen LogP contribution < -0.4 is 4.74 Å². The zero-order chi connectivity index (χ0) is 13.2. The predicted octanol–water partition coefficient (Wildman–Crippen LogP) is 3.56. The van der Waals surface area contributed by atoms with Crippen molar-refractivity contribution in [3.05, 3.63) is 47.1 Å². The van der Waals surface area contributed by atoms with Crippen LogP contribution in [0.3, 0.4) is 0 Å². The van der Waals surface area contributed by atoms with Crippen LogP contribution in [0, 0.1) is 0 Å². The third-order valence-corrected chi connectivity index (χ3v) is 3.84. The molecule has 1 heterocycles. The fourth-order valence-electron chi connectivity index (χ4n) is 1.28. The van der Waals surface area contributed by atoms with E-state index < -0.39 is 9.05 Å². The van der Waals surface area contributed by atoms with E-state index in [-0.39, 0.29) is 10.8 Å². The quantitative estimate of drug-likeness (QED) is 0.796. The molecule has 7 heteroatoms. The molecular weight excluding hydrogens is 342 g/mol. The minimum Gasteiger partial charge on any atom is -0.438 e. The lowest BCUT2D eigenvalue weighted by Gasteiger charge is -2.07. The molecule has 0 saturated carbocycles. The van der Waals surface area contributed by atoms with Gasteiger partial charge in [-0.2, -0.15) is 0 Å². The van der Waals surface area contributed by atoms with Gasteiger partial charge in [0.2, 0.25) is 5.88 Å². The molecule has 0 fully saturated rings. The second kappa shape index (κ2) is 5.26. The summed E-state index contributed by atoms with van der Waals surface area (Å²) in [6.07, 6.45) is 1.43. The molecule has 0 atom stereocenters. The van der Waals surface area contributed by atoms with E-state index >= 15 is 0 Å². The highest BCUT2D eigenvalue weighted by molar-refractivity contribution is 9.10. The number of rotatable bonds is 3. The minimum atomic E-state index is -3.89. The van der Waals surface area contributed by atoms with E-state index in [2.05, 4.69) is 20.9 Å². The third-order valence-electron chi connectivity index (χ3n) is 2.01. The van der Waals surface area contributed by atoms with Crippen molar-refractivity contribution in [2.24, 2.45) is 0 Å². The summed E-state index contributed by atoms with van der Waals surface area (Å²) in [5, 5.41) is 0. The van der Waals surface area contributed by atoms with Gasteiger partial charge in [0, 0.05) is 21.4 Å². The van der Waals surface area contributed by atoms with E-state index in [4.69, 9.17) is 15.4 Å². The molecule has 0 spiro atoms. The summed E-state index contributed by atoms with van der Waals surface area (Å²) in [6, 6.07) is 9.77. The van der Waals surface area contributed by atoms with Gasteiger partial charge in [-0.25, -0.2) is 13.4 Å². The van der Waals surface area contributed by atoms with Crippen LogP contribution in [-0.2, 0) is 9.05 Å². The Bertz CT molecular complexity index is 675. The molecule has 0 amide bonds. The van der Waals surface area contributed by atoms with Crippen LogP contribution in [0.5, 0.6) is 11.6 Å². The van der Waals surface area contributed by atoms with Crippen LogP contribution >= 0.6 is 26.6 Å². The second-order valence-electron chi connectivity index (χ2n) is 3.30. The van der Waals surface area contributed by atoms with E-state index in [1.807, 2.05) is 6.07 Å². The Morgan fingerprint density at radius 2 is 2.00 bits per heavy atom. The average Bonchev–Trinajstić information content (AvgIpc) is 2.28. The molecule has 0 radical (unpaired) electrons. The molecule has 0 aliphatic carbocycles. The van der Waals surface area contributed by atoms with Crippen LogP contribution in [0.2, 0.25) is 0 Å². The lowest BCUT2D eigenvalue weighted by atomic mass is 10.3. The molecule has 1 aromatic heterocycles. The van der Waals surface area contributed by atoms with Gasteiger partial charge in [-0.1, -0.05) is 22.0 Å². The van der Waals surface area contributed by atoms with Crippen molar-refractivity contribution in [2.75, 3.05) is 0 Å². The predicted molar refractivity (Wildman–Crippen MR) is 71.5 cm³/mol. The van der Waals surface area contributed by atoms with Crippen LogP contribution in [0.25, 0.3) is 0 Å². The Morgan fingerprint density at radius 1 is 1.22 bits per heavy atom. The van der Waals surface area contributed by atoms with Crippen LogP contribution in [0.15, 0.2) is 52.0 Å². The van der Waals surface area contributed by atoms with Gasteiger partial charge in [0.15, 0.2) is 0 Å². The lowest BCUT2D eigenvalue weighted by molar-refractivity contribution is 0.447. The maximum atomic E-state index is 11.3. The Hall–Kier alpha value is -1.11. The number of ether oxygens (including phenoxy) is 1. The number of hydrogen-bond acceptors (Lipinski definition) is 4. The summed E-state index contributed by atoms with van der Waals surface area (Å²) < 4.78 is 28.9. The third kappa shape index (κ3) is 3.22. The molecule has 0 saturated heterocycles. The highest BCUT2D eigenvalue weighted by atomic mass is 79.9. The molecule has 18 heavy (non-hydrogen) atoms. The number of pyridine rings is 1. The molecule has 0 bridgehead atoms. The standard InChI is InChI=1S/C11H7BrClNO3S/c12-8-3-1-4-9(7-8)17-11-10(18(13,15)16)5-2-6-14-11/h1-7H. The van der Waals surface area contributed by atoms with Crippen LogP contribution in [-0.4, -0.2) is 13.4 Å². The van der Waals surface area contributed by atoms with Gasteiger partial charge >= 0.3 is 0 Å². The summed E-state index contributed by atoms with van der Waals surface area (Å²) in [6.45, 7) is 0. The van der Waals surface area contributed by atoms with Gasteiger partial charge < -0.3 is 4.74 Å². The van der Waals surface area contributed by atoms with E-state index in [0.29, 0.717) is 5.75 Å². The summed E-state index contributed by atoms with van der Waals surface area (Å²) in [5.41, 5.74) is 0. The van der Waals surface area contributed by atoms with Crippen LogP contribution in [0.1, 0.15) is 0 Å².